The second kappa shape index (κ2) is 13.5. The van der Waals surface area contributed by atoms with Crippen molar-refractivity contribution in [3.63, 3.8) is 0 Å². The molecule has 10 heteroatoms. The van der Waals surface area contributed by atoms with Crippen LogP contribution in [-0.4, -0.2) is 58.1 Å². The predicted molar refractivity (Wildman–Crippen MR) is 134 cm³/mol. The van der Waals surface area contributed by atoms with Crippen LogP contribution >= 0.6 is 0 Å². The van der Waals surface area contributed by atoms with Crippen LogP contribution in [0.3, 0.4) is 0 Å². The van der Waals surface area contributed by atoms with Crippen molar-refractivity contribution in [3.05, 3.63) is 108 Å². The zero-order valence-electron chi connectivity index (χ0n) is 21.1. The van der Waals surface area contributed by atoms with Crippen molar-refractivity contribution in [2.45, 2.75) is 26.2 Å². The van der Waals surface area contributed by atoms with Crippen LogP contribution in [0.1, 0.15) is 23.1 Å². The number of quaternary nitrogens is 2. The van der Waals surface area contributed by atoms with E-state index >= 15 is 0 Å². The van der Waals surface area contributed by atoms with E-state index in [0.29, 0.717) is 11.1 Å². The van der Waals surface area contributed by atoms with Gasteiger partial charge < -0.3 is 14.2 Å². The lowest BCUT2D eigenvalue weighted by Crippen LogP contribution is -2.57. The summed E-state index contributed by atoms with van der Waals surface area (Å²) in [5.41, 5.74) is 2.06. The lowest BCUT2D eigenvalue weighted by atomic mass is 10.2. The Labute approximate surface area is 220 Å². The average molecular weight is 525 g/mol. The van der Waals surface area contributed by atoms with Crippen molar-refractivity contribution in [2.24, 2.45) is 0 Å². The number of carbonyl (C=O) groups excluding carboxylic acids is 3. The zero-order valence-corrected chi connectivity index (χ0v) is 21.1. The summed E-state index contributed by atoms with van der Waals surface area (Å²) in [6.45, 7) is -1.16. The molecule has 0 heterocycles. The molecule has 2 N–H and O–H groups in total. The number of amides is 3. The van der Waals surface area contributed by atoms with Crippen molar-refractivity contribution < 1.29 is 48.3 Å². The van der Waals surface area contributed by atoms with Crippen LogP contribution in [0.25, 0.3) is 0 Å². The molecule has 0 bridgehead atoms. The van der Waals surface area contributed by atoms with Gasteiger partial charge in [-0.25, -0.2) is 5.21 Å². The largest absolute Gasteiger partial charge is 0.561 e. The summed E-state index contributed by atoms with van der Waals surface area (Å²) in [5, 5.41) is 21.7. The summed E-state index contributed by atoms with van der Waals surface area (Å²) >= 11 is 0. The number of hydrogen-bond donors (Lipinski definition) is 2. The number of imide groups is 1. The molecule has 0 radical (unpaired) electrons. The molecule has 0 aliphatic heterocycles. The first kappa shape index (κ1) is 28.5. The van der Waals surface area contributed by atoms with Crippen molar-refractivity contribution in [1.82, 2.24) is 0 Å². The Bertz CT molecular complexity index is 1130. The van der Waals surface area contributed by atoms with Crippen LogP contribution in [0.2, 0.25) is 0 Å². The minimum absolute atomic E-state index is 0.0360. The first-order valence-corrected chi connectivity index (χ1v) is 12.0. The fraction of sp³-hybridized carbons (Fsp3) is 0.250. The first-order chi connectivity index (χ1) is 18.2. The van der Waals surface area contributed by atoms with Gasteiger partial charge in [-0.2, -0.15) is 19.6 Å². The maximum absolute atomic E-state index is 12.9. The van der Waals surface area contributed by atoms with E-state index in [1.807, 2.05) is 6.07 Å². The zero-order chi connectivity index (χ0) is 27.4. The van der Waals surface area contributed by atoms with Crippen LogP contribution in [0, 0.1) is 0 Å². The van der Waals surface area contributed by atoms with E-state index in [1.54, 1.807) is 84.9 Å². The molecule has 3 aromatic rings. The van der Waals surface area contributed by atoms with Crippen LogP contribution in [0.4, 0.5) is 14.4 Å². The topological polar surface area (TPSA) is 119 Å². The maximum Gasteiger partial charge on any atom is 0.561 e. The lowest BCUT2D eigenvalue weighted by molar-refractivity contribution is -1.03. The third kappa shape index (κ3) is 8.22. The van der Waals surface area contributed by atoms with Gasteiger partial charge in [-0.05, 0) is 16.7 Å². The standard InChI is InChI=1S/C28H32N2O8/c1-29(34,26(31)36-20-23-12-5-2-6-13-23)18-11-19-30(35,27(32)37-21-24-14-7-3-8-15-24)28(33)38-22-25-16-9-4-10-17-25/h2-10,12-17,34-35H,11,18-22H2,1H3/q+2/t29-/m1/s1. The van der Waals surface area contributed by atoms with E-state index in [2.05, 4.69) is 0 Å². The Morgan fingerprint density at radius 3 is 1.29 bits per heavy atom. The van der Waals surface area contributed by atoms with Crippen LogP contribution < -0.4 is 0 Å². The summed E-state index contributed by atoms with van der Waals surface area (Å²) in [5.74, 6) is 0. The molecular formula is C28H32N2O8+2. The highest BCUT2D eigenvalue weighted by Crippen LogP contribution is 2.16. The van der Waals surface area contributed by atoms with Gasteiger partial charge in [0.1, 0.15) is 40.0 Å². The molecular weight excluding hydrogens is 492 g/mol. The van der Waals surface area contributed by atoms with E-state index in [-0.39, 0.29) is 32.8 Å². The van der Waals surface area contributed by atoms with E-state index in [0.717, 1.165) is 5.56 Å². The summed E-state index contributed by atoms with van der Waals surface area (Å²) in [6.07, 6.45) is -3.55. The molecule has 1 atom stereocenters. The molecule has 0 aliphatic rings. The normalized spacial score (nSPS) is 12.7. The lowest BCUT2D eigenvalue weighted by Gasteiger charge is -2.25. The molecule has 0 spiro atoms. The van der Waals surface area contributed by atoms with Gasteiger partial charge in [0.2, 0.25) is 0 Å². The predicted octanol–water partition coefficient (Wildman–Crippen LogP) is 5.43. The Morgan fingerprint density at radius 2 is 0.921 bits per heavy atom. The number of hydroxylamine groups is 6. The van der Waals surface area contributed by atoms with Gasteiger partial charge in [-0.15, -0.1) is 0 Å². The number of nitrogens with zero attached hydrogens (tertiary/aromatic N) is 2. The number of hydrogen-bond acceptors (Lipinski definition) is 8. The Kier molecular flexibility index (Phi) is 10.1. The van der Waals surface area contributed by atoms with E-state index in [4.69, 9.17) is 14.2 Å². The number of carbonyl (C=O) groups is 3. The van der Waals surface area contributed by atoms with E-state index < -0.39 is 34.1 Å². The van der Waals surface area contributed by atoms with E-state index in [9.17, 15) is 24.8 Å². The summed E-state index contributed by atoms with van der Waals surface area (Å²) in [7, 11) is 1.21. The second-order valence-electron chi connectivity index (χ2n) is 8.83. The molecule has 0 saturated heterocycles. The van der Waals surface area contributed by atoms with Crippen LogP contribution in [0.5, 0.6) is 0 Å². The van der Waals surface area contributed by atoms with Crippen molar-refractivity contribution in [1.29, 1.82) is 0 Å². The molecule has 200 valence electrons. The highest BCUT2D eigenvalue weighted by molar-refractivity contribution is 5.75. The third-order valence-corrected chi connectivity index (χ3v) is 5.69. The first-order valence-electron chi connectivity index (χ1n) is 12.0. The minimum Gasteiger partial charge on any atom is -0.413 e. The van der Waals surface area contributed by atoms with Crippen molar-refractivity contribution >= 4 is 18.3 Å². The van der Waals surface area contributed by atoms with Gasteiger partial charge in [0.25, 0.3) is 0 Å². The smallest absolute Gasteiger partial charge is 0.413 e. The highest BCUT2D eigenvalue weighted by Gasteiger charge is 2.49. The van der Waals surface area contributed by atoms with Gasteiger partial charge in [-0.1, -0.05) is 95.6 Å². The van der Waals surface area contributed by atoms with Gasteiger partial charge in [0.15, 0.2) is 0 Å². The molecule has 0 aromatic heterocycles. The van der Waals surface area contributed by atoms with Crippen molar-refractivity contribution in [2.75, 3.05) is 20.1 Å². The molecule has 0 aliphatic carbocycles. The summed E-state index contributed by atoms with van der Waals surface area (Å²) in [4.78, 5) is 38.2. The number of ether oxygens (including phenoxy) is 3. The SMILES string of the molecule is C[N@@+](O)(CCC[N+](O)(C(=O)OCc1ccccc1)C(=O)OCc1ccccc1)C(=O)OCc1ccccc1. The molecule has 3 rings (SSSR count). The number of rotatable bonds is 10. The van der Waals surface area contributed by atoms with Crippen LogP contribution in [-0.2, 0) is 34.0 Å². The summed E-state index contributed by atoms with van der Waals surface area (Å²) < 4.78 is 12.6. The molecule has 38 heavy (non-hydrogen) atoms. The molecule has 3 aromatic carbocycles. The maximum atomic E-state index is 12.9. The Morgan fingerprint density at radius 1 is 0.579 bits per heavy atom. The minimum atomic E-state index is -1.82. The third-order valence-electron chi connectivity index (χ3n) is 5.69. The monoisotopic (exact) mass is 524 g/mol. The van der Waals surface area contributed by atoms with Gasteiger partial charge in [0.05, 0.1) is 6.42 Å². The summed E-state index contributed by atoms with van der Waals surface area (Å²) in [6, 6.07) is 26.5. The Hall–Kier alpha value is -4.09. The fourth-order valence-electron chi connectivity index (χ4n) is 3.47. The quantitative estimate of drug-likeness (QED) is 0.156. The highest BCUT2D eigenvalue weighted by atomic mass is 16.7. The average Bonchev–Trinajstić information content (AvgIpc) is 2.94. The fourth-order valence-corrected chi connectivity index (χ4v) is 3.47. The van der Waals surface area contributed by atoms with Crippen LogP contribution in [0.15, 0.2) is 91.0 Å². The molecule has 0 unspecified atom stereocenters. The molecule has 0 saturated carbocycles. The van der Waals surface area contributed by atoms with E-state index in [1.165, 1.54) is 7.05 Å². The van der Waals surface area contributed by atoms with Gasteiger partial charge in [-0.3, -0.25) is 0 Å². The molecule has 0 fully saturated rings. The van der Waals surface area contributed by atoms with Gasteiger partial charge >= 0.3 is 18.3 Å². The Balaban J connectivity index is 1.62. The van der Waals surface area contributed by atoms with Gasteiger partial charge in [0, 0.05) is 4.65 Å². The number of benzene rings is 3. The van der Waals surface area contributed by atoms with Crippen molar-refractivity contribution in [3.8, 4) is 0 Å². The second-order valence-corrected chi connectivity index (χ2v) is 8.83. The molecule has 10 nitrogen and oxygen atoms in total. The molecule has 3 amide bonds.